The first-order valence-electron chi connectivity index (χ1n) is 8.66. The second-order valence-corrected chi connectivity index (χ2v) is 6.58. The lowest BCUT2D eigenvalue weighted by atomic mass is 10.1. The van der Waals surface area contributed by atoms with Crippen molar-refractivity contribution < 1.29 is 24.0 Å². The Balaban J connectivity index is 1.59. The number of anilines is 1. The molecule has 1 aliphatic rings. The number of aryl methyl sites for hydroxylation is 1. The molecule has 1 aliphatic heterocycles. The van der Waals surface area contributed by atoms with Crippen LogP contribution < -0.4 is 4.90 Å². The average Bonchev–Trinajstić information content (AvgIpc) is 3.08. The van der Waals surface area contributed by atoms with Gasteiger partial charge in [-0.15, -0.1) is 0 Å². The molecule has 1 fully saturated rings. The second kappa shape index (κ2) is 7.99. The summed E-state index contributed by atoms with van der Waals surface area (Å²) in [6, 6.07) is 12.6. The van der Waals surface area contributed by atoms with E-state index in [1.807, 2.05) is 31.2 Å². The molecule has 0 saturated carbocycles. The number of carbonyl (C=O) groups excluding carboxylic acids is 3. The number of hydrogen-bond donors (Lipinski definition) is 0. The van der Waals surface area contributed by atoms with Gasteiger partial charge in [0, 0.05) is 36.3 Å². The van der Waals surface area contributed by atoms with Crippen LogP contribution >= 0.6 is 0 Å². The lowest BCUT2D eigenvalue weighted by molar-refractivity contribution is -0.384. The third-order valence-corrected chi connectivity index (χ3v) is 4.53. The molecule has 0 spiro atoms. The number of carbonyl (C=O) groups is 3. The van der Waals surface area contributed by atoms with Crippen LogP contribution in [0.15, 0.2) is 48.5 Å². The molecule has 144 valence electrons. The van der Waals surface area contributed by atoms with Gasteiger partial charge in [0.25, 0.3) is 5.69 Å². The molecule has 8 heteroatoms. The van der Waals surface area contributed by atoms with E-state index < -0.39 is 29.2 Å². The molecule has 1 atom stereocenters. The fourth-order valence-corrected chi connectivity index (χ4v) is 2.97. The zero-order valence-electron chi connectivity index (χ0n) is 15.2. The highest BCUT2D eigenvalue weighted by Crippen LogP contribution is 2.26. The smallest absolute Gasteiger partial charge is 0.311 e. The lowest BCUT2D eigenvalue weighted by Crippen LogP contribution is -2.27. The Morgan fingerprint density at radius 3 is 2.61 bits per heavy atom. The molecule has 0 aromatic heterocycles. The van der Waals surface area contributed by atoms with Crippen LogP contribution in [-0.2, 0) is 14.3 Å². The first-order valence-corrected chi connectivity index (χ1v) is 8.66. The molecular formula is C20H18N2O6. The Morgan fingerprint density at radius 1 is 1.21 bits per heavy atom. The first-order chi connectivity index (χ1) is 13.3. The van der Waals surface area contributed by atoms with Crippen molar-refractivity contribution in [1.29, 1.82) is 0 Å². The zero-order valence-corrected chi connectivity index (χ0v) is 15.2. The van der Waals surface area contributed by atoms with Crippen LogP contribution in [0.3, 0.4) is 0 Å². The highest BCUT2D eigenvalue weighted by molar-refractivity contribution is 6.01. The molecule has 1 amide bonds. The van der Waals surface area contributed by atoms with Gasteiger partial charge in [-0.25, -0.2) is 0 Å². The number of non-ortho nitro benzene ring substituents is 1. The van der Waals surface area contributed by atoms with Crippen molar-refractivity contribution in [3.05, 3.63) is 69.8 Å². The maximum atomic E-state index is 12.3. The van der Waals surface area contributed by atoms with Crippen LogP contribution in [0.25, 0.3) is 0 Å². The molecular weight excluding hydrogens is 364 g/mol. The number of ketones is 1. The van der Waals surface area contributed by atoms with Crippen LogP contribution in [0.5, 0.6) is 0 Å². The number of nitrogens with zero attached hydrogens (tertiary/aromatic N) is 2. The molecule has 0 N–H and O–H groups in total. The van der Waals surface area contributed by atoms with Gasteiger partial charge in [0.1, 0.15) is 0 Å². The summed E-state index contributed by atoms with van der Waals surface area (Å²) in [7, 11) is 0. The van der Waals surface area contributed by atoms with Crippen LogP contribution in [0.2, 0.25) is 0 Å². The minimum Gasteiger partial charge on any atom is -0.457 e. The molecule has 1 unspecified atom stereocenters. The Labute approximate surface area is 160 Å². The molecule has 8 nitrogen and oxygen atoms in total. The number of rotatable bonds is 6. The quantitative estimate of drug-likeness (QED) is 0.329. The summed E-state index contributed by atoms with van der Waals surface area (Å²) >= 11 is 0. The molecule has 28 heavy (non-hydrogen) atoms. The Hall–Kier alpha value is -3.55. The normalized spacial score (nSPS) is 16.1. The number of amides is 1. The second-order valence-electron chi connectivity index (χ2n) is 6.58. The molecule has 1 heterocycles. The Bertz CT molecular complexity index is 938. The van der Waals surface area contributed by atoms with E-state index in [1.165, 1.54) is 23.1 Å². The highest BCUT2D eigenvalue weighted by atomic mass is 16.6. The van der Waals surface area contributed by atoms with Crippen molar-refractivity contribution in [3.8, 4) is 0 Å². The van der Waals surface area contributed by atoms with E-state index >= 15 is 0 Å². The summed E-state index contributed by atoms with van der Waals surface area (Å²) in [5, 5.41) is 10.8. The van der Waals surface area contributed by atoms with Gasteiger partial charge in [0.15, 0.2) is 6.61 Å². The van der Waals surface area contributed by atoms with Crippen molar-refractivity contribution in [2.24, 2.45) is 5.92 Å². The van der Waals surface area contributed by atoms with Crippen LogP contribution in [-0.4, -0.2) is 35.7 Å². The van der Waals surface area contributed by atoms with E-state index in [0.717, 1.165) is 11.6 Å². The van der Waals surface area contributed by atoms with E-state index in [9.17, 15) is 24.5 Å². The van der Waals surface area contributed by atoms with E-state index in [4.69, 9.17) is 4.74 Å². The number of nitro groups is 1. The van der Waals surface area contributed by atoms with Gasteiger partial charge in [-0.2, -0.15) is 0 Å². The summed E-state index contributed by atoms with van der Waals surface area (Å²) in [6.07, 6.45) is 0.0116. The van der Waals surface area contributed by atoms with Crippen LogP contribution in [0.4, 0.5) is 11.4 Å². The van der Waals surface area contributed by atoms with E-state index in [-0.39, 0.29) is 30.1 Å². The van der Waals surface area contributed by atoms with Gasteiger partial charge < -0.3 is 9.64 Å². The fraction of sp³-hybridized carbons (Fsp3) is 0.250. The highest BCUT2D eigenvalue weighted by Gasteiger charge is 2.36. The Kier molecular flexibility index (Phi) is 5.49. The van der Waals surface area contributed by atoms with Crippen LogP contribution in [0, 0.1) is 23.0 Å². The van der Waals surface area contributed by atoms with Crippen molar-refractivity contribution in [2.45, 2.75) is 13.3 Å². The van der Waals surface area contributed by atoms with E-state index in [2.05, 4.69) is 0 Å². The predicted octanol–water partition coefficient (Wildman–Crippen LogP) is 2.68. The summed E-state index contributed by atoms with van der Waals surface area (Å²) in [5.74, 6) is -2.03. The maximum Gasteiger partial charge on any atom is 0.311 e. The number of hydrogen-bond acceptors (Lipinski definition) is 6. The molecule has 3 rings (SSSR count). The molecule has 0 radical (unpaired) electrons. The molecule has 1 saturated heterocycles. The third-order valence-electron chi connectivity index (χ3n) is 4.53. The standard InChI is InChI=1S/C20H18N2O6/c1-13-5-7-16(8-6-13)21-11-15(10-19(21)24)20(25)28-12-18(23)14-3-2-4-17(9-14)22(26)27/h2-9,15H,10-12H2,1H3. The van der Waals surface area contributed by atoms with Gasteiger partial charge in [0.05, 0.1) is 10.8 Å². The minimum atomic E-state index is -0.660. The van der Waals surface area contributed by atoms with Gasteiger partial charge in [-0.3, -0.25) is 24.5 Å². The van der Waals surface area contributed by atoms with Crippen molar-refractivity contribution >= 4 is 29.0 Å². The van der Waals surface area contributed by atoms with Gasteiger partial charge in [0.2, 0.25) is 11.7 Å². The molecule has 0 aliphatic carbocycles. The summed E-state index contributed by atoms with van der Waals surface area (Å²) in [4.78, 5) is 48.3. The monoisotopic (exact) mass is 382 g/mol. The summed E-state index contributed by atoms with van der Waals surface area (Å²) in [6.45, 7) is 1.59. The largest absolute Gasteiger partial charge is 0.457 e. The topological polar surface area (TPSA) is 107 Å². The van der Waals surface area contributed by atoms with Gasteiger partial charge in [-0.05, 0) is 19.1 Å². The van der Waals surface area contributed by atoms with Gasteiger partial charge in [-0.1, -0.05) is 29.8 Å². The summed E-state index contributed by atoms with van der Waals surface area (Å²) < 4.78 is 5.06. The first kappa shape index (κ1) is 19.2. The van der Waals surface area contributed by atoms with Crippen molar-refractivity contribution in [1.82, 2.24) is 0 Å². The number of nitro benzene ring substituents is 1. The number of ether oxygens (including phenoxy) is 1. The average molecular weight is 382 g/mol. The SMILES string of the molecule is Cc1ccc(N2CC(C(=O)OCC(=O)c3cccc([N+](=O)[O-])c3)CC2=O)cc1. The zero-order chi connectivity index (χ0) is 20.3. The molecule has 2 aromatic carbocycles. The predicted molar refractivity (Wildman–Crippen MR) is 100 cm³/mol. The molecule has 2 aromatic rings. The van der Waals surface area contributed by atoms with Gasteiger partial charge >= 0.3 is 5.97 Å². The maximum absolute atomic E-state index is 12.3. The fourth-order valence-electron chi connectivity index (χ4n) is 2.97. The Morgan fingerprint density at radius 2 is 1.93 bits per heavy atom. The van der Waals surface area contributed by atoms with Crippen molar-refractivity contribution in [3.63, 3.8) is 0 Å². The molecule has 0 bridgehead atoms. The number of Topliss-reactive ketones (excluding diaryl/α,β-unsaturated/α-hetero) is 1. The number of benzene rings is 2. The minimum absolute atomic E-state index is 0.0116. The van der Waals surface area contributed by atoms with Crippen molar-refractivity contribution in [2.75, 3.05) is 18.1 Å². The van der Waals surface area contributed by atoms with E-state index in [1.54, 1.807) is 0 Å². The lowest BCUT2D eigenvalue weighted by Gasteiger charge is -2.16. The van der Waals surface area contributed by atoms with E-state index in [0.29, 0.717) is 5.69 Å². The number of esters is 1. The van der Waals surface area contributed by atoms with Crippen LogP contribution in [0.1, 0.15) is 22.3 Å². The third kappa shape index (κ3) is 4.22. The summed E-state index contributed by atoms with van der Waals surface area (Å²) in [5.41, 5.74) is 1.64.